The highest BCUT2D eigenvalue weighted by molar-refractivity contribution is 5.85. The number of rotatable bonds is 3. The first-order valence-electron chi connectivity index (χ1n) is 6.11. The van der Waals surface area contributed by atoms with E-state index in [-0.39, 0.29) is 18.1 Å². The number of ketones is 1. The van der Waals surface area contributed by atoms with Gasteiger partial charge in [-0.25, -0.2) is 0 Å². The van der Waals surface area contributed by atoms with Crippen LogP contribution in [0.5, 0.6) is 0 Å². The quantitative estimate of drug-likeness (QED) is 0.838. The lowest BCUT2D eigenvalue weighted by atomic mass is 9.73. The summed E-state index contributed by atoms with van der Waals surface area (Å²) in [5.41, 5.74) is 5.73. The molecule has 0 aromatic heterocycles. The molecule has 1 aliphatic carbocycles. The Bertz CT molecular complexity index is 275. The van der Waals surface area contributed by atoms with Gasteiger partial charge in [0.25, 0.3) is 0 Å². The van der Waals surface area contributed by atoms with Gasteiger partial charge < -0.3 is 5.73 Å². The predicted octanol–water partition coefficient (Wildman–Crippen LogP) is 2.91. The molecule has 17 heavy (non-hydrogen) atoms. The highest BCUT2D eigenvalue weighted by Crippen LogP contribution is 2.42. The van der Waals surface area contributed by atoms with Crippen molar-refractivity contribution < 1.29 is 18.0 Å². The maximum atomic E-state index is 12.8. The van der Waals surface area contributed by atoms with Crippen LogP contribution in [0.4, 0.5) is 13.2 Å². The molecule has 0 spiro atoms. The summed E-state index contributed by atoms with van der Waals surface area (Å²) in [7, 11) is 0. The summed E-state index contributed by atoms with van der Waals surface area (Å²) in [6.07, 6.45) is -2.42. The molecule has 0 heterocycles. The van der Waals surface area contributed by atoms with Crippen molar-refractivity contribution in [1.82, 2.24) is 0 Å². The summed E-state index contributed by atoms with van der Waals surface area (Å²) < 4.78 is 38.5. The number of hydrogen-bond donors (Lipinski definition) is 1. The van der Waals surface area contributed by atoms with Gasteiger partial charge in [0.05, 0.1) is 12.0 Å². The SMILES string of the molecule is CC(C)C(=O)C(N)C1CCCCC1C(F)(F)F. The molecular formula is C12H20F3NO. The molecule has 1 saturated carbocycles. The summed E-state index contributed by atoms with van der Waals surface area (Å²) in [6, 6.07) is -0.970. The molecule has 0 saturated heterocycles. The van der Waals surface area contributed by atoms with Crippen molar-refractivity contribution >= 4 is 5.78 Å². The van der Waals surface area contributed by atoms with Gasteiger partial charge in [-0.05, 0) is 18.8 Å². The Kier molecular flexibility index (Phi) is 4.58. The van der Waals surface area contributed by atoms with Crippen LogP contribution in [-0.4, -0.2) is 18.0 Å². The van der Waals surface area contributed by atoms with Crippen LogP contribution in [0, 0.1) is 17.8 Å². The highest BCUT2D eigenvalue weighted by Gasteiger charge is 2.48. The Balaban J connectivity index is 2.81. The average molecular weight is 251 g/mol. The fourth-order valence-electron chi connectivity index (χ4n) is 2.59. The van der Waals surface area contributed by atoms with E-state index in [1.807, 2.05) is 0 Å². The van der Waals surface area contributed by atoms with E-state index in [1.165, 1.54) is 0 Å². The summed E-state index contributed by atoms with van der Waals surface area (Å²) >= 11 is 0. The van der Waals surface area contributed by atoms with E-state index in [9.17, 15) is 18.0 Å². The second-order valence-corrected chi connectivity index (χ2v) is 5.18. The van der Waals surface area contributed by atoms with E-state index in [4.69, 9.17) is 5.73 Å². The van der Waals surface area contributed by atoms with Crippen molar-refractivity contribution in [3.8, 4) is 0 Å². The van der Waals surface area contributed by atoms with Crippen LogP contribution in [0.2, 0.25) is 0 Å². The monoisotopic (exact) mass is 251 g/mol. The van der Waals surface area contributed by atoms with Gasteiger partial charge in [-0.1, -0.05) is 26.7 Å². The molecule has 5 heteroatoms. The standard InChI is InChI=1S/C12H20F3NO/c1-7(2)11(17)10(16)8-5-3-4-6-9(8)12(13,14)15/h7-10H,3-6,16H2,1-2H3. The molecule has 3 unspecified atom stereocenters. The van der Waals surface area contributed by atoms with Crippen LogP contribution in [0.25, 0.3) is 0 Å². The first-order valence-corrected chi connectivity index (χ1v) is 6.11. The summed E-state index contributed by atoms with van der Waals surface area (Å²) in [6.45, 7) is 3.35. The third-order valence-electron chi connectivity index (χ3n) is 3.60. The van der Waals surface area contributed by atoms with Crippen molar-refractivity contribution in [2.24, 2.45) is 23.5 Å². The largest absolute Gasteiger partial charge is 0.392 e. The third kappa shape index (κ3) is 3.44. The van der Waals surface area contributed by atoms with Crippen molar-refractivity contribution in [3.05, 3.63) is 0 Å². The fourth-order valence-corrected chi connectivity index (χ4v) is 2.59. The minimum Gasteiger partial charge on any atom is -0.321 e. The number of carbonyl (C=O) groups excluding carboxylic acids is 1. The molecular weight excluding hydrogens is 231 g/mol. The molecule has 1 rings (SSSR count). The van der Waals surface area contributed by atoms with E-state index >= 15 is 0 Å². The fraction of sp³-hybridized carbons (Fsp3) is 0.917. The van der Waals surface area contributed by atoms with Gasteiger partial charge in [-0.2, -0.15) is 13.2 Å². The van der Waals surface area contributed by atoms with Crippen LogP contribution < -0.4 is 5.73 Å². The zero-order valence-corrected chi connectivity index (χ0v) is 10.3. The maximum absolute atomic E-state index is 12.8. The molecule has 1 fully saturated rings. The number of nitrogens with two attached hydrogens (primary N) is 1. The molecule has 0 bridgehead atoms. The number of carbonyl (C=O) groups is 1. The van der Waals surface area contributed by atoms with Crippen LogP contribution >= 0.6 is 0 Å². The van der Waals surface area contributed by atoms with Gasteiger partial charge in [-0.3, -0.25) is 4.79 Å². The predicted molar refractivity (Wildman–Crippen MR) is 59.3 cm³/mol. The summed E-state index contributed by atoms with van der Waals surface area (Å²) in [5, 5.41) is 0. The van der Waals surface area contributed by atoms with Crippen molar-refractivity contribution in [2.75, 3.05) is 0 Å². The van der Waals surface area contributed by atoms with Crippen LogP contribution in [0.3, 0.4) is 0 Å². The van der Waals surface area contributed by atoms with Crippen molar-refractivity contribution in [2.45, 2.75) is 51.7 Å². The Morgan fingerprint density at radius 2 is 1.76 bits per heavy atom. The molecule has 0 aliphatic heterocycles. The lowest BCUT2D eigenvalue weighted by Gasteiger charge is -2.36. The second-order valence-electron chi connectivity index (χ2n) is 5.18. The first-order chi connectivity index (χ1) is 7.75. The Hall–Kier alpha value is -0.580. The maximum Gasteiger partial charge on any atom is 0.392 e. The molecule has 100 valence electrons. The molecule has 1 aliphatic rings. The zero-order valence-electron chi connectivity index (χ0n) is 10.3. The molecule has 0 aromatic carbocycles. The second kappa shape index (κ2) is 5.38. The number of alkyl halides is 3. The summed E-state index contributed by atoms with van der Waals surface area (Å²) in [4.78, 5) is 11.7. The number of halogens is 3. The average Bonchev–Trinajstić information content (AvgIpc) is 2.25. The lowest BCUT2D eigenvalue weighted by Crippen LogP contribution is -2.48. The van der Waals surface area contributed by atoms with Crippen molar-refractivity contribution in [1.29, 1.82) is 0 Å². The third-order valence-corrected chi connectivity index (χ3v) is 3.60. The van der Waals surface area contributed by atoms with Gasteiger partial charge in [-0.15, -0.1) is 0 Å². The van der Waals surface area contributed by atoms with E-state index in [1.54, 1.807) is 13.8 Å². The van der Waals surface area contributed by atoms with Crippen molar-refractivity contribution in [3.63, 3.8) is 0 Å². The highest BCUT2D eigenvalue weighted by atomic mass is 19.4. The number of Topliss-reactive ketones (excluding diaryl/α,β-unsaturated/α-hetero) is 1. The van der Waals surface area contributed by atoms with Gasteiger partial charge in [0.1, 0.15) is 0 Å². The smallest absolute Gasteiger partial charge is 0.321 e. The molecule has 0 amide bonds. The Morgan fingerprint density at radius 1 is 1.24 bits per heavy atom. The minimum atomic E-state index is -4.24. The van der Waals surface area contributed by atoms with E-state index in [0.717, 1.165) is 6.42 Å². The van der Waals surface area contributed by atoms with Gasteiger partial charge in [0.2, 0.25) is 0 Å². The van der Waals surface area contributed by atoms with Crippen LogP contribution in [-0.2, 0) is 4.79 Å². The van der Waals surface area contributed by atoms with Crippen LogP contribution in [0.15, 0.2) is 0 Å². The molecule has 2 nitrogen and oxygen atoms in total. The Labute approximate surface area is 99.7 Å². The Morgan fingerprint density at radius 3 is 2.24 bits per heavy atom. The number of hydrogen-bond acceptors (Lipinski definition) is 2. The van der Waals surface area contributed by atoms with Gasteiger partial charge >= 0.3 is 6.18 Å². The molecule has 0 aromatic rings. The van der Waals surface area contributed by atoms with E-state index in [2.05, 4.69) is 0 Å². The minimum absolute atomic E-state index is 0.104. The molecule has 0 radical (unpaired) electrons. The van der Waals surface area contributed by atoms with E-state index < -0.39 is 24.1 Å². The topological polar surface area (TPSA) is 43.1 Å². The first kappa shape index (κ1) is 14.5. The normalized spacial score (nSPS) is 28.2. The zero-order chi connectivity index (χ0) is 13.2. The molecule has 2 N–H and O–H groups in total. The van der Waals surface area contributed by atoms with Crippen LogP contribution in [0.1, 0.15) is 39.5 Å². The summed E-state index contributed by atoms with van der Waals surface area (Å²) in [5.74, 6) is -2.71. The lowest BCUT2D eigenvalue weighted by molar-refractivity contribution is -0.198. The molecule has 3 atom stereocenters. The van der Waals surface area contributed by atoms with E-state index in [0.29, 0.717) is 12.8 Å². The van der Waals surface area contributed by atoms with Gasteiger partial charge in [0, 0.05) is 5.92 Å². The van der Waals surface area contributed by atoms with Gasteiger partial charge in [0.15, 0.2) is 5.78 Å².